The molecule has 0 aliphatic rings. The van der Waals surface area contributed by atoms with Crippen LogP contribution >= 0.6 is 22.9 Å². The summed E-state index contributed by atoms with van der Waals surface area (Å²) >= 11 is 7.31. The molecular formula is C26H22ClFN2O4S. The molecule has 0 atom stereocenters. The largest absolute Gasteiger partial charge is 0.489 e. The number of rotatable bonds is 9. The van der Waals surface area contributed by atoms with E-state index in [9.17, 15) is 19.2 Å². The second-order valence-corrected chi connectivity index (χ2v) is 8.96. The van der Waals surface area contributed by atoms with Crippen molar-refractivity contribution in [2.75, 3.05) is 12.4 Å². The van der Waals surface area contributed by atoms with Gasteiger partial charge in [0.15, 0.2) is 0 Å². The van der Waals surface area contributed by atoms with E-state index in [0.717, 1.165) is 17.7 Å². The minimum Gasteiger partial charge on any atom is -0.489 e. The molecule has 6 nitrogen and oxygen atoms in total. The summed E-state index contributed by atoms with van der Waals surface area (Å²) in [4.78, 5) is 25.9. The Morgan fingerprint density at radius 3 is 2.71 bits per heavy atom. The van der Waals surface area contributed by atoms with Gasteiger partial charge in [-0.05, 0) is 48.4 Å². The molecule has 0 fully saturated rings. The predicted molar refractivity (Wildman–Crippen MR) is 134 cm³/mol. The van der Waals surface area contributed by atoms with Gasteiger partial charge in [-0.2, -0.15) is 5.26 Å². The van der Waals surface area contributed by atoms with E-state index in [2.05, 4.69) is 5.32 Å². The highest BCUT2D eigenvalue weighted by Gasteiger charge is 2.20. The van der Waals surface area contributed by atoms with Gasteiger partial charge >= 0.3 is 5.97 Å². The summed E-state index contributed by atoms with van der Waals surface area (Å²) in [7, 11) is 1.27. The van der Waals surface area contributed by atoms with Crippen molar-refractivity contribution in [3.63, 3.8) is 0 Å². The summed E-state index contributed by atoms with van der Waals surface area (Å²) in [5.74, 6) is -1.16. The van der Waals surface area contributed by atoms with Gasteiger partial charge in [0, 0.05) is 10.4 Å². The molecule has 0 saturated heterocycles. The van der Waals surface area contributed by atoms with Crippen LogP contribution in [0.15, 0.2) is 54.1 Å². The fourth-order valence-electron chi connectivity index (χ4n) is 3.15. The van der Waals surface area contributed by atoms with E-state index in [-0.39, 0.29) is 22.8 Å². The molecule has 0 saturated carbocycles. The van der Waals surface area contributed by atoms with Crippen LogP contribution in [0.4, 0.5) is 9.39 Å². The third kappa shape index (κ3) is 6.92. The Hall–Kier alpha value is -3.67. The monoisotopic (exact) mass is 512 g/mol. The first-order valence-corrected chi connectivity index (χ1v) is 11.8. The van der Waals surface area contributed by atoms with Crippen LogP contribution in [0.25, 0.3) is 6.08 Å². The van der Waals surface area contributed by atoms with E-state index in [1.165, 1.54) is 36.7 Å². The minimum absolute atomic E-state index is 0.118. The first-order chi connectivity index (χ1) is 16.8. The van der Waals surface area contributed by atoms with Gasteiger partial charge in [0.05, 0.1) is 17.7 Å². The smallest absolute Gasteiger partial charge is 0.340 e. The van der Waals surface area contributed by atoms with Crippen molar-refractivity contribution in [3.05, 3.63) is 86.5 Å². The molecule has 3 aromatic rings. The maximum absolute atomic E-state index is 13.2. The summed E-state index contributed by atoms with van der Waals surface area (Å²) in [5.41, 5.74) is 1.28. The number of nitrogens with one attached hydrogen (secondary N) is 1. The van der Waals surface area contributed by atoms with Gasteiger partial charge in [-0.15, -0.1) is 11.3 Å². The molecule has 0 unspecified atom stereocenters. The number of carbonyl (C=O) groups excluding carboxylic acids is 2. The number of nitrogens with zero attached hydrogens (tertiary/aromatic N) is 1. The molecule has 0 radical (unpaired) electrons. The maximum Gasteiger partial charge on any atom is 0.340 e. The normalized spacial score (nSPS) is 11.0. The van der Waals surface area contributed by atoms with Gasteiger partial charge < -0.3 is 14.8 Å². The van der Waals surface area contributed by atoms with Crippen molar-refractivity contribution in [3.8, 4) is 11.8 Å². The van der Waals surface area contributed by atoms with Crippen molar-refractivity contribution < 1.29 is 23.5 Å². The Morgan fingerprint density at radius 2 is 2.03 bits per heavy atom. The molecule has 0 aliphatic heterocycles. The molecule has 35 heavy (non-hydrogen) atoms. The number of methoxy groups -OCH3 is 1. The number of carbonyl (C=O) groups is 2. The Labute approximate surface area is 211 Å². The summed E-state index contributed by atoms with van der Waals surface area (Å²) < 4.78 is 23.8. The molecule has 1 aromatic heterocycles. The number of benzene rings is 2. The number of thiophene rings is 1. The van der Waals surface area contributed by atoms with E-state index >= 15 is 0 Å². The van der Waals surface area contributed by atoms with Gasteiger partial charge in [-0.25, -0.2) is 9.18 Å². The number of ether oxygens (including phenoxy) is 2. The molecule has 0 spiro atoms. The molecule has 3 rings (SSSR count). The second-order valence-electron chi connectivity index (χ2n) is 7.42. The van der Waals surface area contributed by atoms with E-state index in [0.29, 0.717) is 21.9 Å². The predicted octanol–water partition coefficient (Wildman–Crippen LogP) is 6.40. The van der Waals surface area contributed by atoms with Gasteiger partial charge in [0.2, 0.25) is 0 Å². The zero-order valence-corrected chi connectivity index (χ0v) is 20.6. The van der Waals surface area contributed by atoms with Gasteiger partial charge in [0.25, 0.3) is 5.91 Å². The van der Waals surface area contributed by atoms with Crippen LogP contribution in [0.5, 0.6) is 5.75 Å². The quantitative estimate of drug-likeness (QED) is 0.203. The number of hydrogen-bond acceptors (Lipinski definition) is 6. The Balaban J connectivity index is 1.76. The number of anilines is 1. The fraction of sp³-hybridized carbons (Fsp3) is 0.192. The number of hydrogen-bond donors (Lipinski definition) is 1. The van der Waals surface area contributed by atoms with E-state index in [4.69, 9.17) is 21.1 Å². The third-order valence-electron chi connectivity index (χ3n) is 4.86. The Morgan fingerprint density at radius 1 is 1.23 bits per heavy atom. The molecule has 9 heteroatoms. The first-order valence-electron chi connectivity index (χ1n) is 10.7. The Bertz CT molecular complexity index is 1310. The highest BCUT2D eigenvalue weighted by atomic mass is 35.5. The van der Waals surface area contributed by atoms with Crippen molar-refractivity contribution in [2.24, 2.45) is 0 Å². The number of aryl methyl sites for hydroxylation is 1. The summed E-state index contributed by atoms with van der Waals surface area (Å²) in [6.45, 7) is 2.13. The number of halogens is 2. The lowest BCUT2D eigenvalue weighted by Crippen LogP contribution is -2.15. The lowest BCUT2D eigenvalue weighted by molar-refractivity contribution is -0.112. The molecule has 1 N–H and O–H groups in total. The van der Waals surface area contributed by atoms with Crippen LogP contribution in [0.2, 0.25) is 5.02 Å². The van der Waals surface area contributed by atoms with E-state index < -0.39 is 17.7 Å². The molecule has 2 aromatic carbocycles. The molecule has 180 valence electrons. The molecular weight excluding hydrogens is 491 g/mol. The minimum atomic E-state index is -0.646. The summed E-state index contributed by atoms with van der Waals surface area (Å²) in [5, 5.41) is 12.8. The van der Waals surface area contributed by atoms with Gasteiger partial charge in [-0.1, -0.05) is 43.1 Å². The molecule has 1 heterocycles. The average Bonchev–Trinajstić information content (AvgIpc) is 3.24. The standard InChI is InChI=1S/C26H22ClFN2O4S/c1-3-5-21-13-22(26(32)33-2)25(35-21)30-24(31)18(14-29)10-16-6-4-7-20(11-16)34-15-17-8-9-19(28)12-23(17)27/h4,6-13H,3,5,15H2,1-2H3,(H,30,31)/b18-10+. The van der Waals surface area contributed by atoms with Crippen LogP contribution in [-0.2, 0) is 22.6 Å². The van der Waals surface area contributed by atoms with Crippen molar-refractivity contribution in [2.45, 2.75) is 26.4 Å². The highest BCUT2D eigenvalue weighted by molar-refractivity contribution is 7.16. The Kier molecular flexibility index (Phi) is 9.01. The molecule has 1 amide bonds. The van der Waals surface area contributed by atoms with Gasteiger partial charge in [0.1, 0.15) is 34.8 Å². The van der Waals surface area contributed by atoms with Crippen LogP contribution in [0.1, 0.15) is 39.7 Å². The molecule has 0 bridgehead atoms. The van der Waals surface area contributed by atoms with E-state index in [1.807, 2.05) is 13.0 Å². The number of amides is 1. The SMILES string of the molecule is CCCc1cc(C(=O)OC)c(NC(=O)/C(C#N)=C/c2cccc(OCc3ccc(F)cc3Cl)c2)s1. The van der Waals surface area contributed by atoms with Gasteiger partial charge in [-0.3, -0.25) is 4.79 Å². The summed E-state index contributed by atoms with van der Waals surface area (Å²) in [6, 6.07) is 14.4. The topological polar surface area (TPSA) is 88.4 Å². The molecule has 0 aliphatic carbocycles. The van der Waals surface area contributed by atoms with E-state index in [1.54, 1.807) is 36.4 Å². The fourth-order valence-corrected chi connectivity index (χ4v) is 4.51. The van der Waals surface area contributed by atoms with Crippen LogP contribution in [0.3, 0.4) is 0 Å². The lowest BCUT2D eigenvalue weighted by atomic mass is 10.1. The van der Waals surface area contributed by atoms with Crippen LogP contribution < -0.4 is 10.1 Å². The number of nitriles is 1. The zero-order valence-electron chi connectivity index (χ0n) is 19.1. The highest BCUT2D eigenvalue weighted by Crippen LogP contribution is 2.30. The average molecular weight is 513 g/mol. The van der Waals surface area contributed by atoms with Crippen molar-refractivity contribution >= 4 is 45.9 Å². The first kappa shape index (κ1) is 25.9. The van der Waals surface area contributed by atoms with Crippen LogP contribution in [0, 0.1) is 17.1 Å². The second kappa shape index (κ2) is 12.2. The summed E-state index contributed by atoms with van der Waals surface area (Å²) in [6.07, 6.45) is 3.05. The maximum atomic E-state index is 13.2. The van der Waals surface area contributed by atoms with Crippen LogP contribution in [-0.4, -0.2) is 19.0 Å². The third-order valence-corrected chi connectivity index (χ3v) is 6.32. The van der Waals surface area contributed by atoms with Crippen molar-refractivity contribution in [1.82, 2.24) is 0 Å². The lowest BCUT2D eigenvalue weighted by Gasteiger charge is -2.09. The number of esters is 1. The van der Waals surface area contributed by atoms with Crippen molar-refractivity contribution in [1.29, 1.82) is 5.26 Å². The zero-order chi connectivity index (χ0) is 25.4.